The van der Waals surface area contributed by atoms with E-state index in [-0.39, 0.29) is 33.2 Å². The molecule has 0 aliphatic heterocycles. The number of aromatic nitrogens is 1. The lowest BCUT2D eigenvalue weighted by Crippen LogP contribution is -2.06. The number of para-hydroxylation sites is 1. The Labute approximate surface area is 166 Å². The highest BCUT2D eigenvalue weighted by atomic mass is 32.1. The van der Waals surface area contributed by atoms with Gasteiger partial charge in [0.05, 0.1) is 22.4 Å². The molecule has 0 unspecified atom stereocenters. The number of nitro groups is 1. The van der Waals surface area contributed by atoms with Gasteiger partial charge < -0.3 is 15.9 Å². The number of thiophene rings is 1. The number of carbonyl (C=O) groups excluding carboxylic acids is 1. The third kappa shape index (κ3) is 2.77. The molecule has 4 aromatic rings. The fourth-order valence-electron chi connectivity index (χ4n) is 3.07. The molecule has 0 bridgehead atoms. The number of carbonyl (C=O) groups is 1. The second-order valence-electron chi connectivity index (χ2n) is 5.96. The van der Waals surface area contributed by atoms with Gasteiger partial charge in [-0.1, -0.05) is 12.1 Å². The van der Waals surface area contributed by atoms with Crippen LogP contribution in [0.15, 0.2) is 47.1 Å². The van der Waals surface area contributed by atoms with E-state index < -0.39 is 10.7 Å². The Bertz CT molecular complexity index is 1340. The molecule has 142 valence electrons. The van der Waals surface area contributed by atoms with Crippen molar-refractivity contribution in [3.05, 3.63) is 68.8 Å². The first kappa shape index (κ1) is 18.1. The lowest BCUT2D eigenvalue weighted by molar-refractivity contribution is -0.385. The van der Waals surface area contributed by atoms with Gasteiger partial charge >= 0.3 is 0 Å². The van der Waals surface area contributed by atoms with Crippen molar-refractivity contribution >= 4 is 44.5 Å². The lowest BCUT2D eigenvalue weighted by atomic mass is 10.0. The van der Waals surface area contributed by atoms with E-state index in [1.54, 1.807) is 12.1 Å². The number of rotatable bonds is 4. The van der Waals surface area contributed by atoms with Crippen molar-refractivity contribution in [2.24, 2.45) is 0 Å². The van der Waals surface area contributed by atoms with Gasteiger partial charge in [-0.3, -0.25) is 14.9 Å². The molecule has 0 atom stereocenters. The molecular formula is C19H11N5O4S. The van der Waals surface area contributed by atoms with E-state index in [2.05, 4.69) is 4.98 Å². The number of benzene rings is 1. The number of nitriles is 1. The summed E-state index contributed by atoms with van der Waals surface area (Å²) in [5.41, 5.74) is 12.2. The molecule has 9 nitrogen and oxygen atoms in total. The molecule has 10 heteroatoms. The third-order valence-electron chi connectivity index (χ3n) is 4.34. The van der Waals surface area contributed by atoms with E-state index in [4.69, 9.17) is 15.9 Å². The first-order valence-electron chi connectivity index (χ1n) is 8.17. The number of nitrogens with zero attached hydrogens (tertiary/aromatic N) is 3. The van der Waals surface area contributed by atoms with Crippen LogP contribution in [-0.4, -0.2) is 15.7 Å². The summed E-state index contributed by atoms with van der Waals surface area (Å²) in [6.07, 6.45) is 1.43. The Morgan fingerprint density at radius 2 is 2.00 bits per heavy atom. The van der Waals surface area contributed by atoms with Crippen molar-refractivity contribution in [2.45, 2.75) is 0 Å². The third-order valence-corrected chi connectivity index (χ3v) is 5.43. The van der Waals surface area contributed by atoms with Gasteiger partial charge in [0, 0.05) is 11.5 Å². The first-order valence-corrected chi connectivity index (χ1v) is 8.99. The molecule has 0 aliphatic carbocycles. The second kappa shape index (κ2) is 6.74. The van der Waals surface area contributed by atoms with Crippen LogP contribution in [0.25, 0.3) is 21.5 Å². The molecule has 0 fully saturated rings. The van der Waals surface area contributed by atoms with Gasteiger partial charge in [-0.05, 0) is 18.2 Å². The molecule has 1 aromatic carbocycles. The quantitative estimate of drug-likeness (QED) is 0.295. The van der Waals surface area contributed by atoms with Crippen LogP contribution in [0.1, 0.15) is 20.8 Å². The maximum atomic E-state index is 13.1. The van der Waals surface area contributed by atoms with Gasteiger partial charge in [-0.15, -0.1) is 11.3 Å². The van der Waals surface area contributed by atoms with Crippen molar-refractivity contribution in [3.8, 4) is 17.4 Å². The van der Waals surface area contributed by atoms with Gasteiger partial charge in [-0.2, -0.15) is 5.26 Å². The van der Waals surface area contributed by atoms with Crippen molar-refractivity contribution < 1.29 is 14.1 Å². The lowest BCUT2D eigenvalue weighted by Gasteiger charge is -2.06. The van der Waals surface area contributed by atoms with Crippen molar-refractivity contribution in [2.75, 3.05) is 11.5 Å². The van der Waals surface area contributed by atoms with Crippen LogP contribution in [0.5, 0.6) is 0 Å². The SMILES string of the molecule is N#Cc1c(N)nc2sc(C(=O)c3ccccc3[N+](=O)[O-])c(N)c2c1-c1ccco1. The highest BCUT2D eigenvalue weighted by Crippen LogP contribution is 2.43. The Kier molecular flexibility index (Phi) is 4.22. The topological polar surface area (TPSA) is 162 Å². The maximum absolute atomic E-state index is 13.1. The number of ketones is 1. The van der Waals surface area contributed by atoms with Gasteiger partial charge in [0.2, 0.25) is 5.78 Å². The predicted molar refractivity (Wildman–Crippen MR) is 107 cm³/mol. The number of nitro benzene ring substituents is 1. The summed E-state index contributed by atoms with van der Waals surface area (Å²) in [5, 5.41) is 21.2. The standard InChI is InChI=1S/C19H11N5O4S/c20-8-10-13(12-6-3-7-28-12)14-15(21)17(29-19(14)23-18(10)22)16(25)9-4-1-2-5-11(9)24(26)27/h1-7H,21H2,(H2,22,23). The minimum absolute atomic E-state index is 0.0302. The minimum atomic E-state index is -0.630. The van der Waals surface area contributed by atoms with Crippen LogP contribution in [0.2, 0.25) is 0 Å². The van der Waals surface area contributed by atoms with Crippen LogP contribution < -0.4 is 11.5 Å². The Hall–Kier alpha value is -4.23. The van der Waals surface area contributed by atoms with Crippen molar-refractivity contribution in [1.82, 2.24) is 4.98 Å². The zero-order chi connectivity index (χ0) is 20.7. The number of hydrogen-bond donors (Lipinski definition) is 2. The Balaban J connectivity index is 2.02. The molecule has 3 heterocycles. The van der Waals surface area contributed by atoms with E-state index >= 15 is 0 Å². The van der Waals surface area contributed by atoms with Crippen LogP contribution in [0.3, 0.4) is 0 Å². The van der Waals surface area contributed by atoms with Crippen molar-refractivity contribution in [3.63, 3.8) is 0 Å². The fraction of sp³-hybridized carbons (Fsp3) is 0. The number of nitrogens with two attached hydrogens (primary N) is 2. The molecule has 4 N–H and O–H groups in total. The molecule has 4 rings (SSSR count). The van der Waals surface area contributed by atoms with Crippen molar-refractivity contribution in [1.29, 1.82) is 5.26 Å². The molecule has 0 radical (unpaired) electrons. The number of hydrogen-bond acceptors (Lipinski definition) is 9. The van der Waals surface area contributed by atoms with Crippen LogP contribution in [0, 0.1) is 21.4 Å². The Morgan fingerprint density at radius 1 is 1.24 bits per heavy atom. The summed E-state index contributed by atoms with van der Waals surface area (Å²) in [6.45, 7) is 0. The molecule has 0 saturated heterocycles. The minimum Gasteiger partial charge on any atom is -0.464 e. The zero-order valence-corrected chi connectivity index (χ0v) is 15.4. The number of fused-ring (bicyclic) bond motifs is 1. The van der Waals surface area contributed by atoms with Crippen LogP contribution >= 0.6 is 11.3 Å². The number of anilines is 2. The number of nitrogen functional groups attached to an aromatic ring is 2. The molecule has 0 spiro atoms. The average Bonchev–Trinajstić information content (AvgIpc) is 3.35. The summed E-state index contributed by atoms with van der Waals surface area (Å²) in [6, 6.07) is 10.9. The summed E-state index contributed by atoms with van der Waals surface area (Å²) >= 11 is 0.953. The number of furan rings is 1. The normalized spacial score (nSPS) is 10.7. The summed E-state index contributed by atoms with van der Waals surface area (Å²) < 4.78 is 5.43. The summed E-state index contributed by atoms with van der Waals surface area (Å²) in [4.78, 5) is 28.3. The molecular weight excluding hydrogens is 394 g/mol. The summed E-state index contributed by atoms with van der Waals surface area (Å²) in [7, 11) is 0. The van der Waals surface area contributed by atoms with Gasteiger partial charge in [0.1, 0.15) is 38.5 Å². The van der Waals surface area contributed by atoms with E-state index in [0.29, 0.717) is 21.5 Å². The fourth-order valence-corrected chi connectivity index (χ4v) is 4.13. The van der Waals surface area contributed by atoms with E-state index in [1.807, 2.05) is 6.07 Å². The van der Waals surface area contributed by atoms with Gasteiger partial charge in [-0.25, -0.2) is 4.98 Å². The molecule has 0 amide bonds. The first-order chi connectivity index (χ1) is 13.9. The highest BCUT2D eigenvalue weighted by Gasteiger charge is 2.28. The maximum Gasteiger partial charge on any atom is 0.280 e. The Morgan fingerprint density at radius 3 is 2.66 bits per heavy atom. The molecule has 3 aromatic heterocycles. The largest absolute Gasteiger partial charge is 0.464 e. The second-order valence-corrected chi connectivity index (χ2v) is 6.96. The molecule has 0 aliphatic rings. The molecule has 0 saturated carbocycles. The summed E-state index contributed by atoms with van der Waals surface area (Å²) in [5.74, 6) is -0.299. The van der Waals surface area contributed by atoms with Crippen LogP contribution in [0.4, 0.5) is 17.2 Å². The van der Waals surface area contributed by atoms with E-state index in [0.717, 1.165) is 11.3 Å². The van der Waals surface area contributed by atoms with Gasteiger partial charge in [0.15, 0.2) is 0 Å². The monoisotopic (exact) mass is 405 g/mol. The average molecular weight is 405 g/mol. The highest BCUT2D eigenvalue weighted by molar-refractivity contribution is 7.21. The van der Waals surface area contributed by atoms with E-state index in [1.165, 1.54) is 30.5 Å². The predicted octanol–water partition coefficient (Wildman–Crippen LogP) is 3.73. The van der Waals surface area contributed by atoms with Gasteiger partial charge in [0.25, 0.3) is 5.69 Å². The van der Waals surface area contributed by atoms with Crippen LogP contribution in [-0.2, 0) is 0 Å². The number of pyridine rings is 1. The smallest absolute Gasteiger partial charge is 0.280 e. The zero-order valence-electron chi connectivity index (χ0n) is 14.6. The van der Waals surface area contributed by atoms with E-state index in [9.17, 15) is 20.2 Å². The molecule has 29 heavy (non-hydrogen) atoms.